The van der Waals surface area contributed by atoms with Gasteiger partial charge in [-0.25, -0.2) is 4.79 Å². The largest absolute Gasteiger partial charge is 0.389 e. The first kappa shape index (κ1) is 18.7. The van der Waals surface area contributed by atoms with Crippen molar-refractivity contribution in [3.8, 4) is 0 Å². The molecule has 2 N–H and O–H groups in total. The van der Waals surface area contributed by atoms with E-state index in [2.05, 4.69) is 15.4 Å². The van der Waals surface area contributed by atoms with E-state index in [1.807, 2.05) is 39.5 Å². The molecular formula is C17H30N4O3. The number of hydrogen-bond acceptors (Lipinski definition) is 5. The lowest BCUT2D eigenvalue weighted by Gasteiger charge is -2.41. The number of piperazine rings is 1. The van der Waals surface area contributed by atoms with Gasteiger partial charge in [-0.1, -0.05) is 5.16 Å². The zero-order chi connectivity index (χ0) is 17.9. The van der Waals surface area contributed by atoms with E-state index in [-0.39, 0.29) is 12.1 Å². The Morgan fingerprint density at radius 1 is 1.42 bits per heavy atom. The van der Waals surface area contributed by atoms with Crippen LogP contribution in [0.25, 0.3) is 0 Å². The summed E-state index contributed by atoms with van der Waals surface area (Å²) in [6, 6.07) is 0.0948. The van der Waals surface area contributed by atoms with Gasteiger partial charge in [-0.15, -0.1) is 0 Å². The molecule has 2 amide bonds. The molecule has 1 aliphatic heterocycles. The molecule has 1 saturated heterocycles. The fraction of sp³-hybridized carbons (Fsp3) is 0.765. The van der Waals surface area contributed by atoms with Gasteiger partial charge in [-0.3, -0.25) is 4.90 Å². The highest BCUT2D eigenvalue weighted by molar-refractivity contribution is 5.74. The molecule has 1 atom stereocenters. The van der Waals surface area contributed by atoms with Crippen molar-refractivity contribution in [1.29, 1.82) is 0 Å². The van der Waals surface area contributed by atoms with Gasteiger partial charge in [0.15, 0.2) is 0 Å². The predicted octanol–water partition coefficient (Wildman–Crippen LogP) is 1.32. The number of amides is 2. The summed E-state index contributed by atoms with van der Waals surface area (Å²) in [6.45, 7) is 12.9. The molecule has 0 aromatic carbocycles. The second-order valence-electron chi connectivity index (χ2n) is 7.37. The average Bonchev–Trinajstić information content (AvgIpc) is 2.77. The van der Waals surface area contributed by atoms with E-state index in [0.717, 1.165) is 36.5 Å². The van der Waals surface area contributed by atoms with Crippen molar-refractivity contribution >= 4 is 6.03 Å². The molecule has 24 heavy (non-hydrogen) atoms. The Morgan fingerprint density at radius 3 is 2.67 bits per heavy atom. The van der Waals surface area contributed by atoms with Crippen molar-refractivity contribution < 1.29 is 14.4 Å². The minimum atomic E-state index is -0.710. The third kappa shape index (κ3) is 4.95. The molecule has 136 valence electrons. The fourth-order valence-corrected chi connectivity index (χ4v) is 3.28. The second kappa shape index (κ2) is 7.53. The third-order valence-electron chi connectivity index (χ3n) is 4.42. The second-order valence-corrected chi connectivity index (χ2v) is 7.37. The molecule has 1 aromatic rings. The van der Waals surface area contributed by atoms with Gasteiger partial charge in [0.05, 0.1) is 11.3 Å². The third-order valence-corrected chi connectivity index (χ3v) is 4.42. The molecule has 1 aromatic heterocycles. The number of β-amino-alcohol motifs (C(OH)–C–C–N with tert-alkyl or cyclic N) is 1. The molecule has 0 unspecified atom stereocenters. The van der Waals surface area contributed by atoms with E-state index in [4.69, 9.17) is 4.52 Å². The Morgan fingerprint density at radius 2 is 2.12 bits per heavy atom. The SMILES string of the molecule is Cc1noc(C)c1CCNC(=O)N1CCN(CC(C)(C)O)C[C@@H]1C. The van der Waals surface area contributed by atoms with E-state index in [0.29, 0.717) is 19.6 Å². The first-order valence-corrected chi connectivity index (χ1v) is 8.58. The van der Waals surface area contributed by atoms with Crippen LogP contribution in [0.2, 0.25) is 0 Å². The first-order valence-electron chi connectivity index (χ1n) is 8.58. The van der Waals surface area contributed by atoms with Crippen LogP contribution in [-0.4, -0.2) is 70.5 Å². The van der Waals surface area contributed by atoms with Crippen molar-refractivity contribution in [3.63, 3.8) is 0 Å². The lowest BCUT2D eigenvalue weighted by Crippen LogP contribution is -2.58. The lowest BCUT2D eigenvalue weighted by molar-refractivity contribution is 0.0119. The van der Waals surface area contributed by atoms with Gasteiger partial charge in [0.1, 0.15) is 5.76 Å². The highest BCUT2D eigenvalue weighted by atomic mass is 16.5. The molecular weight excluding hydrogens is 308 g/mol. The molecule has 0 bridgehead atoms. The van der Waals surface area contributed by atoms with Crippen molar-refractivity contribution in [2.75, 3.05) is 32.7 Å². The van der Waals surface area contributed by atoms with Crippen LogP contribution in [0.15, 0.2) is 4.52 Å². The lowest BCUT2D eigenvalue weighted by atomic mass is 10.1. The number of rotatable bonds is 5. The summed E-state index contributed by atoms with van der Waals surface area (Å²) >= 11 is 0. The zero-order valence-electron chi connectivity index (χ0n) is 15.4. The number of aryl methyl sites for hydroxylation is 2. The summed E-state index contributed by atoms with van der Waals surface area (Å²) in [5.74, 6) is 0.815. The van der Waals surface area contributed by atoms with Crippen LogP contribution in [0.3, 0.4) is 0 Å². The van der Waals surface area contributed by atoms with Crippen LogP contribution in [0.1, 0.15) is 37.8 Å². The molecule has 0 spiro atoms. The summed E-state index contributed by atoms with van der Waals surface area (Å²) in [4.78, 5) is 16.5. The minimum absolute atomic E-state index is 0.0304. The van der Waals surface area contributed by atoms with E-state index in [9.17, 15) is 9.90 Å². The van der Waals surface area contributed by atoms with Crippen LogP contribution >= 0.6 is 0 Å². The van der Waals surface area contributed by atoms with E-state index in [1.54, 1.807) is 0 Å². The Balaban J connectivity index is 1.79. The predicted molar refractivity (Wildman–Crippen MR) is 92.0 cm³/mol. The molecule has 0 saturated carbocycles. The molecule has 2 heterocycles. The molecule has 1 fully saturated rings. The van der Waals surface area contributed by atoms with Gasteiger partial charge in [0.2, 0.25) is 0 Å². The Labute approximate surface area is 144 Å². The summed E-state index contributed by atoms with van der Waals surface area (Å²) in [7, 11) is 0. The monoisotopic (exact) mass is 338 g/mol. The highest BCUT2D eigenvalue weighted by Crippen LogP contribution is 2.14. The standard InChI is InChI=1S/C17H30N4O3/c1-12-10-20(11-17(4,5)23)8-9-21(12)16(22)18-7-6-15-13(2)19-24-14(15)3/h12,23H,6-11H2,1-5H3,(H,18,22)/t12-/m0/s1. The van der Waals surface area contributed by atoms with Gasteiger partial charge >= 0.3 is 6.03 Å². The Hall–Kier alpha value is -1.60. The number of hydrogen-bond donors (Lipinski definition) is 2. The number of carbonyl (C=O) groups excluding carboxylic acids is 1. The van der Waals surface area contributed by atoms with E-state index >= 15 is 0 Å². The number of carbonyl (C=O) groups is 1. The zero-order valence-corrected chi connectivity index (χ0v) is 15.4. The van der Waals surface area contributed by atoms with Crippen LogP contribution in [-0.2, 0) is 6.42 Å². The number of urea groups is 1. The van der Waals surface area contributed by atoms with Crippen LogP contribution in [0.4, 0.5) is 4.79 Å². The number of nitrogens with zero attached hydrogens (tertiary/aromatic N) is 3. The van der Waals surface area contributed by atoms with Gasteiger partial charge in [0, 0.05) is 44.3 Å². The average molecular weight is 338 g/mol. The highest BCUT2D eigenvalue weighted by Gasteiger charge is 2.29. The van der Waals surface area contributed by atoms with Crippen LogP contribution in [0, 0.1) is 13.8 Å². The van der Waals surface area contributed by atoms with Crippen LogP contribution in [0.5, 0.6) is 0 Å². The van der Waals surface area contributed by atoms with Gasteiger partial charge in [-0.05, 0) is 41.0 Å². The number of nitrogens with one attached hydrogen (secondary N) is 1. The molecule has 7 nitrogen and oxygen atoms in total. The maximum atomic E-state index is 12.4. The molecule has 2 rings (SSSR count). The van der Waals surface area contributed by atoms with Gasteiger partial charge < -0.3 is 19.8 Å². The molecule has 1 aliphatic rings. The number of aliphatic hydroxyl groups is 1. The smallest absolute Gasteiger partial charge is 0.317 e. The van der Waals surface area contributed by atoms with Crippen molar-refractivity contribution in [1.82, 2.24) is 20.3 Å². The normalized spacial score (nSPS) is 19.6. The molecule has 0 radical (unpaired) electrons. The van der Waals surface area contributed by atoms with Gasteiger partial charge in [-0.2, -0.15) is 0 Å². The van der Waals surface area contributed by atoms with Gasteiger partial charge in [0.25, 0.3) is 0 Å². The van der Waals surface area contributed by atoms with Crippen molar-refractivity contribution in [2.45, 2.75) is 52.7 Å². The summed E-state index contributed by atoms with van der Waals surface area (Å²) in [6.07, 6.45) is 0.722. The summed E-state index contributed by atoms with van der Waals surface area (Å²) < 4.78 is 5.14. The summed E-state index contributed by atoms with van der Waals surface area (Å²) in [5, 5.41) is 16.9. The fourth-order valence-electron chi connectivity index (χ4n) is 3.28. The quantitative estimate of drug-likeness (QED) is 0.846. The van der Waals surface area contributed by atoms with E-state index in [1.165, 1.54) is 0 Å². The Bertz CT molecular complexity index is 545. The Kier molecular flexibility index (Phi) is 5.87. The minimum Gasteiger partial charge on any atom is -0.389 e. The topological polar surface area (TPSA) is 81.8 Å². The maximum Gasteiger partial charge on any atom is 0.317 e. The van der Waals surface area contributed by atoms with Crippen LogP contribution < -0.4 is 5.32 Å². The summed E-state index contributed by atoms with van der Waals surface area (Å²) in [5.41, 5.74) is 1.24. The molecule has 0 aliphatic carbocycles. The molecule has 7 heteroatoms. The maximum absolute atomic E-state index is 12.4. The first-order chi connectivity index (χ1) is 11.2. The van der Waals surface area contributed by atoms with E-state index < -0.39 is 5.60 Å². The number of aromatic nitrogens is 1. The van der Waals surface area contributed by atoms with Crippen molar-refractivity contribution in [3.05, 3.63) is 17.0 Å². The van der Waals surface area contributed by atoms with Crippen molar-refractivity contribution in [2.24, 2.45) is 0 Å².